The van der Waals surface area contributed by atoms with E-state index in [9.17, 15) is 30.1 Å². The van der Waals surface area contributed by atoms with Crippen molar-refractivity contribution in [3.63, 3.8) is 0 Å². The SMILES string of the molecule is O=C(c1ccccc1Oc1ccccc1)c1cc(Cl)ccc1[N+](=O)[O-].O=[N+]([O-])c1ccc(Cl)cc1C(O)c1ccccc1Oc1ccccc1. The first-order chi connectivity index (χ1) is 24.1. The van der Waals surface area contributed by atoms with Crippen molar-refractivity contribution in [3.8, 4) is 23.0 Å². The highest BCUT2D eigenvalue weighted by molar-refractivity contribution is 6.31. The van der Waals surface area contributed by atoms with Crippen LogP contribution in [-0.4, -0.2) is 20.7 Å². The Morgan fingerprint density at radius 2 is 1.04 bits per heavy atom. The number of aliphatic hydroxyl groups is 1. The van der Waals surface area contributed by atoms with Crippen LogP contribution in [0.1, 0.15) is 33.2 Å². The minimum atomic E-state index is -1.25. The van der Waals surface area contributed by atoms with Crippen LogP contribution < -0.4 is 9.47 Å². The third kappa shape index (κ3) is 8.69. The summed E-state index contributed by atoms with van der Waals surface area (Å²) in [6, 6.07) is 39.5. The number of carbonyl (C=O) groups excluding carboxylic acids is 1. The van der Waals surface area contributed by atoms with E-state index >= 15 is 0 Å². The van der Waals surface area contributed by atoms with Gasteiger partial charge >= 0.3 is 0 Å². The van der Waals surface area contributed by atoms with Crippen molar-refractivity contribution in [3.05, 3.63) is 198 Å². The number of halogens is 2. The fraction of sp³-hybridized carbons (Fsp3) is 0.0263. The summed E-state index contributed by atoms with van der Waals surface area (Å²) in [5.74, 6) is 1.36. The van der Waals surface area contributed by atoms with Crippen molar-refractivity contribution in [1.82, 2.24) is 0 Å². The van der Waals surface area contributed by atoms with E-state index in [0.717, 1.165) is 0 Å². The Bertz CT molecular complexity index is 2150. The molecule has 50 heavy (non-hydrogen) atoms. The first-order valence-electron chi connectivity index (χ1n) is 14.9. The second-order valence-corrected chi connectivity index (χ2v) is 11.3. The maximum atomic E-state index is 12.9. The summed E-state index contributed by atoms with van der Waals surface area (Å²) < 4.78 is 11.6. The molecule has 0 saturated heterocycles. The molecule has 1 N–H and O–H groups in total. The molecule has 1 unspecified atom stereocenters. The summed E-state index contributed by atoms with van der Waals surface area (Å²) in [7, 11) is 0. The number of nitro benzene ring substituents is 2. The number of hydrogen-bond donors (Lipinski definition) is 1. The standard InChI is InChI=1S/C19H14ClNO4.C19H12ClNO4/c2*20-13-10-11-17(21(23)24)16(12-13)19(22)15-8-4-5-9-18(15)25-14-6-2-1-3-7-14/h1-12,19,22H;1-12H. The van der Waals surface area contributed by atoms with Crippen LogP contribution in [0.3, 0.4) is 0 Å². The number of benzene rings is 6. The molecule has 0 aliphatic carbocycles. The Hall–Kier alpha value is -6.07. The summed E-state index contributed by atoms with van der Waals surface area (Å²) in [5.41, 5.74) is 0.159. The molecule has 250 valence electrons. The van der Waals surface area contributed by atoms with Crippen LogP contribution in [0.2, 0.25) is 10.0 Å². The monoisotopic (exact) mass is 708 g/mol. The zero-order valence-corrected chi connectivity index (χ0v) is 27.4. The Balaban J connectivity index is 0.000000194. The third-order valence-corrected chi connectivity index (χ3v) is 7.64. The van der Waals surface area contributed by atoms with E-state index in [1.54, 1.807) is 72.8 Å². The molecule has 0 aliphatic heterocycles. The van der Waals surface area contributed by atoms with Crippen LogP contribution in [-0.2, 0) is 0 Å². The number of carbonyl (C=O) groups is 1. The van der Waals surface area contributed by atoms with Gasteiger partial charge in [0.15, 0.2) is 0 Å². The number of para-hydroxylation sites is 4. The van der Waals surface area contributed by atoms with Gasteiger partial charge in [0.25, 0.3) is 11.4 Å². The van der Waals surface area contributed by atoms with E-state index in [-0.39, 0.29) is 33.1 Å². The van der Waals surface area contributed by atoms with Crippen LogP contribution in [0, 0.1) is 20.2 Å². The third-order valence-electron chi connectivity index (χ3n) is 7.17. The molecule has 0 radical (unpaired) electrons. The van der Waals surface area contributed by atoms with Crippen molar-refractivity contribution >= 4 is 40.4 Å². The highest BCUT2D eigenvalue weighted by Gasteiger charge is 2.26. The van der Waals surface area contributed by atoms with Gasteiger partial charge in [-0.15, -0.1) is 0 Å². The van der Waals surface area contributed by atoms with Gasteiger partial charge in [0.2, 0.25) is 5.78 Å². The quantitative estimate of drug-likeness (QED) is 0.0841. The summed E-state index contributed by atoms with van der Waals surface area (Å²) in [4.78, 5) is 34.2. The van der Waals surface area contributed by atoms with Gasteiger partial charge in [-0.25, -0.2) is 0 Å². The molecule has 10 nitrogen and oxygen atoms in total. The summed E-state index contributed by atoms with van der Waals surface area (Å²) in [5, 5.41) is 33.8. The molecule has 1 atom stereocenters. The summed E-state index contributed by atoms with van der Waals surface area (Å²) in [6.07, 6.45) is -1.25. The Morgan fingerprint density at radius 1 is 0.560 bits per heavy atom. The maximum Gasteiger partial charge on any atom is 0.280 e. The highest BCUT2D eigenvalue weighted by Crippen LogP contribution is 2.37. The number of hydrogen-bond acceptors (Lipinski definition) is 8. The van der Waals surface area contributed by atoms with Gasteiger partial charge in [0, 0.05) is 27.7 Å². The van der Waals surface area contributed by atoms with Crippen molar-refractivity contribution < 1.29 is 29.2 Å². The first-order valence-corrected chi connectivity index (χ1v) is 15.6. The smallest absolute Gasteiger partial charge is 0.280 e. The molecule has 0 bridgehead atoms. The number of nitro groups is 2. The minimum absolute atomic E-state index is 0.0818. The predicted octanol–water partition coefficient (Wildman–Crippen LogP) is 10.4. The lowest BCUT2D eigenvalue weighted by atomic mass is 9.99. The Morgan fingerprint density at radius 3 is 1.64 bits per heavy atom. The summed E-state index contributed by atoms with van der Waals surface area (Å²) in [6.45, 7) is 0. The van der Waals surface area contributed by atoms with Crippen LogP contribution in [0.4, 0.5) is 11.4 Å². The largest absolute Gasteiger partial charge is 0.457 e. The lowest BCUT2D eigenvalue weighted by molar-refractivity contribution is -0.386. The van der Waals surface area contributed by atoms with E-state index in [4.69, 9.17) is 32.7 Å². The lowest BCUT2D eigenvalue weighted by Crippen LogP contribution is -2.07. The first kappa shape index (κ1) is 35.2. The van der Waals surface area contributed by atoms with Gasteiger partial charge in [-0.3, -0.25) is 25.0 Å². The zero-order chi connectivity index (χ0) is 35.6. The van der Waals surface area contributed by atoms with Gasteiger partial charge in [0.1, 0.15) is 34.7 Å². The molecule has 12 heteroatoms. The van der Waals surface area contributed by atoms with E-state index < -0.39 is 21.7 Å². The number of rotatable bonds is 10. The Labute approximate surface area is 296 Å². The minimum Gasteiger partial charge on any atom is -0.457 e. The van der Waals surface area contributed by atoms with E-state index in [0.29, 0.717) is 33.6 Å². The molecule has 0 aliphatic rings. The van der Waals surface area contributed by atoms with E-state index in [1.165, 1.54) is 36.4 Å². The molecule has 6 rings (SSSR count). The molecule has 0 spiro atoms. The van der Waals surface area contributed by atoms with E-state index in [1.807, 2.05) is 36.4 Å². The van der Waals surface area contributed by atoms with Crippen molar-refractivity contribution in [2.45, 2.75) is 6.10 Å². The molecule has 0 fully saturated rings. The van der Waals surface area contributed by atoms with Gasteiger partial charge in [-0.1, -0.05) is 89.9 Å². The number of nitrogens with zero attached hydrogens (tertiary/aromatic N) is 2. The van der Waals surface area contributed by atoms with E-state index in [2.05, 4.69) is 0 Å². The predicted molar refractivity (Wildman–Crippen MR) is 190 cm³/mol. The van der Waals surface area contributed by atoms with Gasteiger partial charge in [0.05, 0.1) is 21.0 Å². The molecule has 6 aromatic carbocycles. The van der Waals surface area contributed by atoms with Crippen LogP contribution in [0.25, 0.3) is 0 Å². The second kappa shape index (κ2) is 16.4. The van der Waals surface area contributed by atoms with Crippen molar-refractivity contribution in [1.29, 1.82) is 0 Å². The van der Waals surface area contributed by atoms with Gasteiger partial charge < -0.3 is 14.6 Å². The molecule has 0 aromatic heterocycles. The van der Waals surface area contributed by atoms with Crippen LogP contribution >= 0.6 is 23.2 Å². The van der Waals surface area contributed by atoms with Gasteiger partial charge in [-0.05, 0) is 66.7 Å². The zero-order valence-electron chi connectivity index (χ0n) is 25.9. The molecule has 0 saturated carbocycles. The molecular weight excluding hydrogens is 683 g/mol. The van der Waals surface area contributed by atoms with Crippen molar-refractivity contribution in [2.75, 3.05) is 0 Å². The molecule has 6 aromatic rings. The topological polar surface area (TPSA) is 142 Å². The fourth-order valence-electron chi connectivity index (χ4n) is 4.85. The number of ether oxygens (including phenoxy) is 2. The second-order valence-electron chi connectivity index (χ2n) is 10.5. The summed E-state index contributed by atoms with van der Waals surface area (Å²) >= 11 is 11.9. The lowest BCUT2D eigenvalue weighted by Gasteiger charge is -2.16. The highest BCUT2D eigenvalue weighted by atomic mass is 35.5. The average molecular weight is 710 g/mol. The maximum absolute atomic E-state index is 12.9. The number of ketones is 1. The van der Waals surface area contributed by atoms with Crippen LogP contribution in [0.15, 0.2) is 146 Å². The molecule has 0 heterocycles. The normalized spacial score (nSPS) is 11.0. The Kier molecular flexibility index (Phi) is 11.5. The number of aliphatic hydroxyl groups excluding tert-OH is 1. The van der Waals surface area contributed by atoms with Crippen molar-refractivity contribution in [2.24, 2.45) is 0 Å². The van der Waals surface area contributed by atoms with Gasteiger partial charge in [-0.2, -0.15) is 0 Å². The average Bonchev–Trinajstić information content (AvgIpc) is 3.12. The molecule has 0 amide bonds. The fourth-order valence-corrected chi connectivity index (χ4v) is 5.20. The molecular formula is C38H26Cl2N2O8. The van der Waals surface area contributed by atoms with Crippen LogP contribution in [0.5, 0.6) is 23.0 Å².